The number of halogens is 3. The van der Waals surface area contributed by atoms with Crippen molar-refractivity contribution in [3.05, 3.63) is 88.2 Å². The summed E-state index contributed by atoms with van der Waals surface area (Å²) in [5.74, 6) is -1.74. The summed E-state index contributed by atoms with van der Waals surface area (Å²) in [5.41, 5.74) is 1.89. The minimum absolute atomic E-state index is 0.00505. The number of piperazine rings is 1. The number of carbonyl (C=O) groups excluding carboxylic acids is 2. The number of amides is 2. The van der Waals surface area contributed by atoms with Crippen LogP contribution in [-0.4, -0.2) is 87.3 Å². The first-order valence-corrected chi connectivity index (χ1v) is 18.7. The first-order chi connectivity index (χ1) is 26.6. The molecule has 2 saturated heterocycles. The Morgan fingerprint density at radius 1 is 1.07 bits per heavy atom. The molecule has 0 saturated carbocycles. The summed E-state index contributed by atoms with van der Waals surface area (Å²) in [7, 11) is 1.42. The normalized spacial score (nSPS) is 19.7. The number of pyridine rings is 1. The number of nitrogens with zero attached hydrogens (tertiary/aromatic N) is 7. The zero-order valence-corrected chi connectivity index (χ0v) is 31.7. The average Bonchev–Trinajstić information content (AvgIpc) is 3.61. The fraction of sp³-hybridized carbons (Fsp3) is 0.425. The molecular weight excluding hydrogens is 727 g/mol. The predicted molar refractivity (Wildman–Crippen MR) is 207 cm³/mol. The van der Waals surface area contributed by atoms with E-state index in [9.17, 15) is 14.4 Å². The highest BCUT2D eigenvalue weighted by Crippen LogP contribution is 2.44. The molecule has 4 aromatic rings. The lowest BCUT2D eigenvalue weighted by atomic mass is 9.90. The van der Waals surface area contributed by atoms with Crippen LogP contribution in [0.4, 0.5) is 41.9 Å². The predicted octanol–water partition coefficient (Wildman–Crippen LogP) is 5.23. The Balaban J connectivity index is 1.12. The number of benzene rings is 1. The Bertz CT molecular complexity index is 2310. The van der Waals surface area contributed by atoms with Crippen molar-refractivity contribution in [1.29, 1.82) is 0 Å². The summed E-state index contributed by atoms with van der Waals surface area (Å²) in [6, 6.07) is 8.71. The molecule has 1 atom stereocenters. The maximum absolute atomic E-state index is 15.1. The van der Waals surface area contributed by atoms with E-state index in [-0.39, 0.29) is 35.1 Å². The second kappa shape index (κ2) is 13.9. The van der Waals surface area contributed by atoms with Gasteiger partial charge in [-0.2, -0.15) is 13.2 Å². The van der Waals surface area contributed by atoms with Gasteiger partial charge in [0.2, 0.25) is 5.91 Å². The molecule has 6 heterocycles. The van der Waals surface area contributed by atoms with Gasteiger partial charge in [0.1, 0.15) is 17.1 Å². The van der Waals surface area contributed by atoms with Crippen molar-refractivity contribution >= 4 is 40.5 Å². The molecule has 4 aliphatic rings. The average molecular weight is 772 g/mol. The summed E-state index contributed by atoms with van der Waals surface area (Å²) < 4.78 is 53.9. The van der Waals surface area contributed by atoms with E-state index in [4.69, 9.17) is 4.74 Å². The van der Waals surface area contributed by atoms with Crippen LogP contribution in [0, 0.1) is 5.41 Å². The quantitative estimate of drug-likeness (QED) is 0.232. The van der Waals surface area contributed by atoms with Gasteiger partial charge in [-0.1, -0.05) is 20.4 Å². The van der Waals surface area contributed by atoms with E-state index in [2.05, 4.69) is 57.8 Å². The number of aryl methyl sites for hydroxylation is 1. The molecular formula is C40H44F3N9O4. The lowest BCUT2D eigenvalue weighted by Crippen LogP contribution is -2.59. The molecule has 13 nitrogen and oxygen atoms in total. The summed E-state index contributed by atoms with van der Waals surface area (Å²) >= 11 is 0. The highest BCUT2D eigenvalue weighted by molar-refractivity contribution is 6.06. The summed E-state index contributed by atoms with van der Waals surface area (Å²) in [6.45, 7) is 14.1. The number of hydrogen-bond acceptors (Lipinski definition) is 9. The number of anilines is 5. The van der Waals surface area contributed by atoms with Crippen molar-refractivity contribution in [2.45, 2.75) is 58.4 Å². The van der Waals surface area contributed by atoms with Crippen LogP contribution < -0.4 is 26.0 Å². The number of fused-ring (bicyclic) bond motifs is 3. The van der Waals surface area contributed by atoms with Crippen LogP contribution in [-0.2, 0) is 42.1 Å². The molecule has 56 heavy (non-hydrogen) atoms. The maximum Gasteiger partial charge on any atom is 0.420 e. The summed E-state index contributed by atoms with van der Waals surface area (Å²) in [4.78, 5) is 54.1. The molecule has 3 aliphatic heterocycles. The molecule has 294 valence electrons. The Hall–Kier alpha value is -5.48. The number of ether oxygens (including phenoxy) is 1. The minimum Gasteiger partial charge on any atom is -0.378 e. The van der Waals surface area contributed by atoms with Crippen LogP contribution in [0.3, 0.4) is 0 Å². The van der Waals surface area contributed by atoms with E-state index in [1.54, 1.807) is 18.2 Å². The van der Waals surface area contributed by atoms with Gasteiger partial charge in [0.15, 0.2) is 5.82 Å². The third-order valence-corrected chi connectivity index (χ3v) is 11.2. The van der Waals surface area contributed by atoms with Gasteiger partial charge in [0.05, 0.1) is 36.3 Å². The van der Waals surface area contributed by atoms with Gasteiger partial charge in [-0.25, -0.2) is 9.97 Å². The fourth-order valence-electron chi connectivity index (χ4n) is 8.47. The van der Waals surface area contributed by atoms with Crippen molar-refractivity contribution in [1.82, 2.24) is 24.0 Å². The number of alkyl halides is 3. The van der Waals surface area contributed by atoms with E-state index in [1.807, 2.05) is 10.6 Å². The van der Waals surface area contributed by atoms with Crippen LogP contribution in [0.1, 0.15) is 48.1 Å². The van der Waals surface area contributed by atoms with E-state index >= 15 is 13.2 Å². The second-order valence-corrected chi connectivity index (χ2v) is 15.9. The molecule has 16 heteroatoms. The van der Waals surface area contributed by atoms with Gasteiger partial charge in [-0.3, -0.25) is 24.2 Å². The van der Waals surface area contributed by atoms with Gasteiger partial charge in [-0.05, 0) is 67.2 Å². The molecule has 2 fully saturated rings. The Labute approximate surface area is 321 Å². The van der Waals surface area contributed by atoms with Crippen LogP contribution in [0.25, 0.3) is 11.3 Å². The first kappa shape index (κ1) is 37.4. The third kappa shape index (κ3) is 6.74. The van der Waals surface area contributed by atoms with Crippen molar-refractivity contribution in [2.75, 3.05) is 59.8 Å². The van der Waals surface area contributed by atoms with Crippen molar-refractivity contribution in [3.63, 3.8) is 0 Å². The molecule has 1 unspecified atom stereocenters. The number of rotatable bonds is 8. The number of hydrogen-bond donors (Lipinski definition) is 2. The third-order valence-electron chi connectivity index (χ3n) is 11.2. The van der Waals surface area contributed by atoms with Crippen LogP contribution in [0.2, 0.25) is 0 Å². The minimum atomic E-state index is -4.93. The van der Waals surface area contributed by atoms with Gasteiger partial charge in [-0.15, -0.1) is 0 Å². The molecule has 0 radical (unpaired) electrons. The molecule has 0 bridgehead atoms. The molecule has 0 spiro atoms. The van der Waals surface area contributed by atoms with Gasteiger partial charge < -0.3 is 29.4 Å². The maximum atomic E-state index is 15.1. The van der Waals surface area contributed by atoms with E-state index in [0.29, 0.717) is 36.2 Å². The zero-order valence-electron chi connectivity index (χ0n) is 31.7. The molecule has 1 aromatic carbocycles. The van der Waals surface area contributed by atoms with Crippen molar-refractivity contribution < 1.29 is 27.5 Å². The highest BCUT2D eigenvalue weighted by Gasteiger charge is 2.43. The molecule has 2 amide bonds. The zero-order chi connectivity index (χ0) is 39.7. The lowest BCUT2D eigenvalue weighted by molar-refractivity contribution is -0.136. The molecule has 1 aliphatic carbocycles. The van der Waals surface area contributed by atoms with Crippen molar-refractivity contribution in [2.24, 2.45) is 12.5 Å². The SMILES string of the molecule is C=CC(=O)Nc1cc(Nc2nc(-c3ccnc(N4CCn5c(cc6c5CC(C)(C)C6)C4=O)c3C(F)(F)F)cn(C)c2=O)ccc1N1CCN(C2COC2)CC1C. The number of carbonyl (C=O) groups is 2. The van der Waals surface area contributed by atoms with Gasteiger partial charge in [0, 0.05) is 75.2 Å². The molecule has 3 aromatic heterocycles. The van der Waals surface area contributed by atoms with E-state index in [0.717, 1.165) is 71.6 Å². The van der Waals surface area contributed by atoms with E-state index in [1.165, 1.54) is 25.5 Å². The fourth-order valence-corrected chi connectivity index (χ4v) is 8.47. The number of aromatic nitrogens is 4. The lowest BCUT2D eigenvalue weighted by Gasteiger charge is -2.46. The Morgan fingerprint density at radius 3 is 2.55 bits per heavy atom. The number of nitrogens with one attached hydrogen (secondary N) is 2. The molecule has 2 N–H and O–H groups in total. The Kier molecular flexibility index (Phi) is 9.31. The van der Waals surface area contributed by atoms with Gasteiger partial charge in [0.25, 0.3) is 11.5 Å². The first-order valence-electron chi connectivity index (χ1n) is 18.7. The van der Waals surface area contributed by atoms with Crippen LogP contribution >= 0.6 is 0 Å². The largest absolute Gasteiger partial charge is 0.420 e. The summed E-state index contributed by atoms with van der Waals surface area (Å²) in [6.07, 6.45) is 0.245. The Morgan fingerprint density at radius 2 is 1.86 bits per heavy atom. The van der Waals surface area contributed by atoms with E-state index < -0.39 is 34.9 Å². The van der Waals surface area contributed by atoms with Crippen molar-refractivity contribution in [3.8, 4) is 11.3 Å². The van der Waals surface area contributed by atoms with Crippen LogP contribution in [0.5, 0.6) is 0 Å². The standard InChI is InChI=1S/C40H44F3N9O4/c1-6-33(53)46-28-16-25(7-8-30(28)50-12-11-49(19-23(50)2)26-21-56-22-26)45-35-38(55)48(5)20-29(47-35)27-9-10-44-36(34(27)40(41,42)43)52-14-13-51-31(37(52)54)15-24-17-39(3,4)18-32(24)51/h6-10,15-16,20,23,26H,1,11-14,17-19,21-22H2,2-5H3,(H,45,47)(H,46,53). The van der Waals surface area contributed by atoms with Gasteiger partial charge >= 0.3 is 6.18 Å². The highest BCUT2D eigenvalue weighted by atomic mass is 19.4. The van der Waals surface area contributed by atoms with Crippen LogP contribution in [0.15, 0.2) is 60.2 Å². The molecule has 8 rings (SSSR count). The second-order valence-electron chi connectivity index (χ2n) is 15.9. The topological polar surface area (TPSA) is 130 Å². The summed E-state index contributed by atoms with van der Waals surface area (Å²) in [5, 5.41) is 5.85. The smallest absolute Gasteiger partial charge is 0.378 e. The monoisotopic (exact) mass is 771 g/mol.